The highest BCUT2D eigenvalue weighted by Crippen LogP contribution is 2.40. The third kappa shape index (κ3) is 4.64. The number of anilines is 3. The van der Waals surface area contributed by atoms with E-state index in [0.29, 0.717) is 11.3 Å². The Bertz CT molecular complexity index is 1150. The highest BCUT2D eigenvalue weighted by molar-refractivity contribution is 6.11. The van der Waals surface area contributed by atoms with Crippen LogP contribution in [0.4, 0.5) is 17.1 Å². The van der Waals surface area contributed by atoms with E-state index in [4.69, 9.17) is 0 Å². The number of piperidine rings is 2. The maximum absolute atomic E-state index is 13.6. The van der Waals surface area contributed by atoms with E-state index in [0.717, 1.165) is 80.7 Å². The molecule has 0 unspecified atom stereocenters. The summed E-state index contributed by atoms with van der Waals surface area (Å²) in [7, 11) is 0. The topological polar surface area (TPSA) is 73.0 Å². The standard InChI is InChI=1S/C28H34N4O3/c1-19-9-10-20(2)22(16-19)29-26(33)18-32-25-17-21(27(34)30-13-5-3-6-14-30)11-12-23(25)31-15-7-4-8-24(31)28(32)35/h9-12,16-17,24H,3-8,13-15,18H2,1-2H3,(H,29,33)/t24-/m1/s1. The van der Waals surface area contributed by atoms with Gasteiger partial charge in [-0.15, -0.1) is 0 Å². The lowest BCUT2D eigenvalue weighted by Gasteiger charge is -2.45. The summed E-state index contributed by atoms with van der Waals surface area (Å²) < 4.78 is 0. The number of rotatable bonds is 4. The molecule has 2 saturated heterocycles. The van der Waals surface area contributed by atoms with Crippen LogP contribution in [0.15, 0.2) is 36.4 Å². The summed E-state index contributed by atoms with van der Waals surface area (Å²) in [6, 6.07) is 11.3. The summed E-state index contributed by atoms with van der Waals surface area (Å²) in [6.07, 6.45) is 6.01. The minimum atomic E-state index is -0.256. The van der Waals surface area contributed by atoms with Crippen molar-refractivity contribution in [1.29, 1.82) is 0 Å². The van der Waals surface area contributed by atoms with Crippen LogP contribution in [0.2, 0.25) is 0 Å². The maximum atomic E-state index is 13.6. The van der Waals surface area contributed by atoms with Crippen LogP contribution < -0.4 is 15.1 Å². The average Bonchev–Trinajstić information content (AvgIpc) is 2.88. The number of aryl methyl sites for hydroxylation is 2. The molecule has 3 aliphatic heterocycles. The number of benzene rings is 2. The molecular weight excluding hydrogens is 440 g/mol. The van der Waals surface area contributed by atoms with E-state index < -0.39 is 0 Å². The molecule has 35 heavy (non-hydrogen) atoms. The van der Waals surface area contributed by atoms with Gasteiger partial charge in [0.05, 0.1) is 11.4 Å². The molecule has 0 aliphatic carbocycles. The zero-order valence-corrected chi connectivity index (χ0v) is 20.7. The highest BCUT2D eigenvalue weighted by atomic mass is 16.2. The summed E-state index contributed by atoms with van der Waals surface area (Å²) in [5.74, 6) is -0.300. The molecule has 3 aliphatic rings. The summed E-state index contributed by atoms with van der Waals surface area (Å²) >= 11 is 0. The minimum Gasteiger partial charge on any atom is -0.358 e. The van der Waals surface area contributed by atoms with E-state index in [1.807, 2.05) is 55.1 Å². The van der Waals surface area contributed by atoms with Gasteiger partial charge in [-0.1, -0.05) is 12.1 Å². The van der Waals surface area contributed by atoms with Crippen molar-refractivity contribution in [2.24, 2.45) is 0 Å². The number of nitrogens with one attached hydrogen (secondary N) is 1. The molecule has 0 aromatic heterocycles. The molecule has 7 nitrogen and oxygen atoms in total. The first-order chi connectivity index (χ1) is 16.9. The van der Waals surface area contributed by atoms with Crippen molar-refractivity contribution in [2.45, 2.75) is 58.4 Å². The molecule has 3 amide bonds. The van der Waals surface area contributed by atoms with Crippen LogP contribution in [0.1, 0.15) is 60.0 Å². The number of carbonyl (C=O) groups is 3. The molecule has 2 aromatic carbocycles. The van der Waals surface area contributed by atoms with Crippen molar-refractivity contribution in [3.63, 3.8) is 0 Å². The van der Waals surface area contributed by atoms with E-state index in [1.165, 1.54) is 0 Å². The molecule has 1 atom stereocenters. The Morgan fingerprint density at radius 2 is 1.69 bits per heavy atom. The Hall–Kier alpha value is -3.35. The second-order valence-corrected chi connectivity index (χ2v) is 10.1. The number of hydrogen-bond acceptors (Lipinski definition) is 4. The summed E-state index contributed by atoms with van der Waals surface area (Å²) in [6.45, 7) is 6.21. The van der Waals surface area contributed by atoms with Gasteiger partial charge in [-0.2, -0.15) is 0 Å². The van der Waals surface area contributed by atoms with Gasteiger partial charge in [-0.05, 0) is 87.8 Å². The van der Waals surface area contributed by atoms with Gasteiger partial charge in [0, 0.05) is 30.9 Å². The first-order valence-corrected chi connectivity index (χ1v) is 12.8. The molecule has 7 heteroatoms. The molecule has 0 spiro atoms. The summed E-state index contributed by atoms with van der Waals surface area (Å²) in [4.78, 5) is 45.6. The molecule has 184 valence electrons. The fourth-order valence-electron chi connectivity index (χ4n) is 5.54. The van der Waals surface area contributed by atoms with E-state index in [9.17, 15) is 14.4 Å². The van der Waals surface area contributed by atoms with Gasteiger partial charge in [-0.3, -0.25) is 19.3 Å². The monoisotopic (exact) mass is 474 g/mol. The number of hydrogen-bond donors (Lipinski definition) is 1. The van der Waals surface area contributed by atoms with Gasteiger partial charge >= 0.3 is 0 Å². The molecular formula is C28H34N4O3. The van der Waals surface area contributed by atoms with E-state index in [1.54, 1.807) is 4.90 Å². The molecule has 3 heterocycles. The van der Waals surface area contributed by atoms with Crippen LogP contribution >= 0.6 is 0 Å². The third-order valence-corrected chi connectivity index (χ3v) is 7.49. The first-order valence-electron chi connectivity index (χ1n) is 12.8. The molecule has 2 aromatic rings. The molecule has 5 rings (SSSR count). The Labute approximate surface area is 207 Å². The Balaban J connectivity index is 1.45. The molecule has 2 fully saturated rings. The van der Waals surface area contributed by atoms with Crippen LogP contribution in [-0.4, -0.2) is 54.8 Å². The van der Waals surface area contributed by atoms with Crippen LogP contribution in [-0.2, 0) is 9.59 Å². The molecule has 0 radical (unpaired) electrons. The smallest absolute Gasteiger partial charge is 0.253 e. The van der Waals surface area contributed by atoms with Crippen molar-refractivity contribution in [3.8, 4) is 0 Å². The van der Waals surface area contributed by atoms with Gasteiger partial charge < -0.3 is 15.1 Å². The van der Waals surface area contributed by atoms with Gasteiger partial charge in [0.1, 0.15) is 12.6 Å². The fraction of sp³-hybridized carbons (Fsp3) is 0.464. The first kappa shape index (κ1) is 23.4. The Morgan fingerprint density at radius 1 is 0.914 bits per heavy atom. The number of carbonyl (C=O) groups excluding carboxylic acids is 3. The quantitative estimate of drug-likeness (QED) is 0.718. The summed E-state index contributed by atoms with van der Waals surface area (Å²) in [5.41, 5.74) is 4.96. The largest absolute Gasteiger partial charge is 0.358 e. The van der Waals surface area contributed by atoms with Crippen molar-refractivity contribution in [3.05, 3.63) is 53.1 Å². The van der Waals surface area contributed by atoms with E-state index in [-0.39, 0.29) is 30.3 Å². The Kier molecular flexibility index (Phi) is 6.50. The van der Waals surface area contributed by atoms with E-state index >= 15 is 0 Å². The lowest BCUT2D eigenvalue weighted by atomic mass is 9.95. The molecule has 0 saturated carbocycles. The van der Waals surface area contributed by atoms with E-state index in [2.05, 4.69) is 10.2 Å². The molecule has 1 N–H and O–H groups in total. The zero-order chi connectivity index (χ0) is 24.5. The van der Waals surface area contributed by atoms with Crippen molar-refractivity contribution in [1.82, 2.24) is 4.90 Å². The number of amides is 3. The fourth-order valence-corrected chi connectivity index (χ4v) is 5.54. The van der Waals surface area contributed by atoms with Crippen molar-refractivity contribution < 1.29 is 14.4 Å². The zero-order valence-electron chi connectivity index (χ0n) is 20.7. The number of nitrogens with zero attached hydrogens (tertiary/aromatic N) is 3. The van der Waals surface area contributed by atoms with Gasteiger partial charge in [-0.25, -0.2) is 0 Å². The van der Waals surface area contributed by atoms with Crippen LogP contribution in [0.25, 0.3) is 0 Å². The van der Waals surface area contributed by atoms with Gasteiger partial charge in [0.2, 0.25) is 11.8 Å². The average molecular weight is 475 g/mol. The lowest BCUT2D eigenvalue weighted by Crippen LogP contribution is -2.56. The number of likely N-dealkylation sites (tertiary alicyclic amines) is 1. The number of fused-ring (bicyclic) bond motifs is 3. The van der Waals surface area contributed by atoms with Gasteiger partial charge in [0.15, 0.2) is 0 Å². The second kappa shape index (κ2) is 9.72. The lowest BCUT2D eigenvalue weighted by molar-refractivity contribution is -0.123. The van der Waals surface area contributed by atoms with Crippen LogP contribution in [0, 0.1) is 13.8 Å². The predicted molar refractivity (Wildman–Crippen MR) is 138 cm³/mol. The SMILES string of the molecule is Cc1ccc(C)c(NC(=O)CN2C(=O)[C@H]3CCCCN3c3ccc(C(=O)N4CCCCC4)cc32)c1. The normalized spacial score (nSPS) is 19.8. The predicted octanol–water partition coefficient (Wildman–Crippen LogP) is 4.27. The van der Waals surface area contributed by atoms with Crippen LogP contribution in [0.5, 0.6) is 0 Å². The highest BCUT2D eigenvalue weighted by Gasteiger charge is 2.40. The Morgan fingerprint density at radius 3 is 2.49 bits per heavy atom. The van der Waals surface area contributed by atoms with Gasteiger partial charge in [0.25, 0.3) is 5.91 Å². The molecule has 0 bridgehead atoms. The van der Waals surface area contributed by atoms with Crippen molar-refractivity contribution in [2.75, 3.05) is 41.3 Å². The summed E-state index contributed by atoms with van der Waals surface area (Å²) in [5, 5.41) is 2.99. The maximum Gasteiger partial charge on any atom is 0.253 e. The third-order valence-electron chi connectivity index (χ3n) is 7.49. The second-order valence-electron chi connectivity index (χ2n) is 10.1. The van der Waals surface area contributed by atoms with Crippen LogP contribution in [0.3, 0.4) is 0 Å². The van der Waals surface area contributed by atoms with Crippen molar-refractivity contribution >= 4 is 34.8 Å². The minimum absolute atomic E-state index is 0.000466.